The quantitative estimate of drug-likeness (QED) is 0.788. The van der Waals surface area contributed by atoms with Crippen molar-refractivity contribution in [3.05, 3.63) is 11.4 Å². The molecule has 2 heterocycles. The molecule has 1 saturated heterocycles. The highest BCUT2D eigenvalue weighted by Gasteiger charge is 2.32. The lowest BCUT2D eigenvalue weighted by molar-refractivity contribution is 0.437. The number of aromatic amines is 1. The van der Waals surface area contributed by atoms with Crippen LogP contribution in [-0.2, 0) is 27.4 Å². The molecule has 21 heavy (non-hydrogen) atoms. The smallest absolute Gasteiger partial charge is 0.246 e. The molecule has 1 aliphatic heterocycles. The first-order valence-corrected chi connectivity index (χ1v) is 9.87. The highest BCUT2D eigenvalue weighted by molar-refractivity contribution is 7.89. The van der Waals surface area contributed by atoms with E-state index >= 15 is 0 Å². The van der Waals surface area contributed by atoms with Gasteiger partial charge in [0.15, 0.2) is 0 Å². The monoisotopic (exact) mass is 334 g/mol. The minimum atomic E-state index is -3.59. The van der Waals surface area contributed by atoms with Gasteiger partial charge in [-0.25, -0.2) is 8.42 Å². The molecule has 7 nitrogen and oxygen atoms in total. The summed E-state index contributed by atoms with van der Waals surface area (Å²) in [6.45, 7) is 6.70. The van der Waals surface area contributed by atoms with Crippen molar-refractivity contribution in [1.82, 2.24) is 19.8 Å². The summed E-state index contributed by atoms with van der Waals surface area (Å²) in [6.07, 6.45) is 0. The fourth-order valence-electron chi connectivity index (χ4n) is 2.22. The van der Waals surface area contributed by atoms with Gasteiger partial charge in [0.2, 0.25) is 10.0 Å². The van der Waals surface area contributed by atoms with Crippen molar-refractivity contribution in [3.8, 4) is 0 Å². The fraction of sp³-hybridized carbons (Fsp3) is 0.750. The molecule has 1 fully saturated rings. The van der Waals surface area contributed by atoms with Crippen LogP contribution >= 0.6 is 0 Å². The maximum absolute atomic E-state index is 12.8. The molecule has 0 aliphatic carbocycles. The van der Waals surface area contributed by atoms with Crippen LogP contribution in [0.1, 0.15) is 25.2 Å². The third-order valence-electron chi connectivity index (χ3n) is 3.37. The van der Waals surface area contributed by atoms with E-state index in [9.17, 15) is 12.6 Å². The van der Waals surface area contributed by atoms with Gasteiger partial charge in [-0.1, -0.05) is 13.8 Å². The standard InChI is InChI=1S/C12H22N4O3S2/c1-9(2)13-8-11-12(10(3)14-15-11)21(18,19)16-4-6-20(17)7-5-16/h9,13H,4-8H2,1-3H3,(H,14,15). The Bertz CT molecular complexity index is 614. The number of nitrogens with one attached hydrogen (secondary N) is 2. The van der Waals surface area contributed by atoms with E-state index in [0.717, 1.165) is 0 Å². The Morgan fingerprint density at radius 1 is 1.38 bits per heavy atom. The van der Waals surface area contributed by atoms with E-state index < -0.39 is 20.8 Å². The number of nitrogens with zero attached hydrogens (tertiary/aromatic N) is 2. The summed E-state index contributed by atoms with van der Waals surface area (Å²) >= 11 is 0. The van der Waals surface area contributed by atoms with E-state index in [1.54, 1.807) is 6.92 Å². The second kappa shape index (κ2) is 6.55. The maximum atomic E-state index is 12.8. The molecule has 0 atom stereocenters. The largest absolute Gasteiger partial charge is 0.309 e. The van der Waals surface area contributed by atoms with Gasteiger partial charge in [-0.3, -0.25) is 9.31 Å². The minimum absolute atomic E-state index is 0.245. The molecule has 0 unspecified atom stereocenters. The van der Waals surface area contributed by atoms with Crippen LogP contribution in [0.5, 0.6) is 0 Å². The van der Waals surface area contributed by atoms with Crippen LogP contribution in [0.4, 0.5) is 0 Å². The van der Waals surface area contributed by atoms with Gasteiger partial charge < -0.3 is 5.32 Å². The van der Waals surface area contributed by atoms with Crippen molar-refractivity contribution >= 4 is 20.8 Å². The predicted molar refractivity (Wildman–Crippen MR) is 81.9 cm³/mol. The van der Waals surface area contributed by atoms with Crippen LogP contribution in [0.3, 0.4) is 0 Å². The molecule has 2 N–H and O–H groups in total. The number of rotatable bonds is 5. The van der Waals surface area contributed by atoms with Crippen LogP contribution in [0, 0.1) is 6.92 Å². The summed E-state index contributed by atoms with van der Waals surface area (Å²) < 4.78 is 38.4. The van der Waals surface area contributed by atoms with Gasteiger partial charge in [-0.15, -0.1) is 0 Å². The van der Waals surface area contributed by atoms with Gasteiger partial charge in [0.1, 0.15) is 4.90 Å². The van der Waals surface area contributed by atoms with Gasteiger partial charge in [0.25, 0.3) is 0 Å². The Balaban J connectivity index is 2.27. The molecular weight excluding hydrogens is 312 g/mol. The van der Waals surface area contributed by atoms with Gasteiger partial charge in [0, 0.05) is 48.0 Å². The molecular formula is C12H22N4O3S2. The van der Waals surface area contributed by atoms with Crippen molar-refractivity contribution in [2.24, 2.45) is 0 Å². The lowest BCUT2D eigenvalue weighted by Gasteiger charge is -2.25. The summed E-state index contributed by atoms with van der Waals surface area (Å²) in [5, 5.41) is 10.1. The first-order valence-electron chi connectivity index (χ1n) is 6.94. The Labute approximate surface area is 128 Å². The minimum Gasteiger partial charge on any atom is -0.309 e. The van der Waals surface area contributed by atoms with Gasteiger partial charge in [0.05, 0.1) is 11.4 Å². The van der Waals surface area contributed by atoms with Gasteiger partial charge >= 0.3 is 0 Å². The van der Waals surface area contributed by atoms with E-state index in [1.807, 2.05) is 13.8 Å². The molecule has 0 spiro atoms. The van der Waals surface area contributed by atoms with Crippen molar-refractivity contribution in [3.63, 3.8) is 0 Å². The fourth-order valence-corrected chi connectivity index (χ4v) is 5.28. The molecule has 9 heteroatoms. The molecule has 1 aromatic rings. The van der Waals surface area contributed by atoms with Crippen LogP contribution in [0.25, 0.3) is 0 Å². The summed E-state index contributed by atoms with van der Waals surface area (Å²) in [4.78, 5) is 0.253. The highest BCUT2D eigenvalue weighted by Crippen LogP contribution is 2.23. The molecule has 120 valence electrons. The molecule has 1 aromatic heterocycles. The first-order chi connectivity index (χ1) is 9.82. The Morgan fingerprint density at radius 2 is 2.00 bits per heavy atom. The average molecular weight is 334 g/mol. The number of aromatic nitrogens is 2. The van der Waals surface area contributed by atoms with Crippen LogP contribution in [0.2, 0.25) is 0 Å². The van der Waals surface area contributed by atoms with Gasteiger partial charge in [-0.05, 0) is 6.92 Å². The molecule has 1 aliphatic rings. The Kier molecular flexibility index (Phi) is 5.18. The Morgan fingerprint density at radius 3 is 2.57 bits per heavy atom. The maximum Gasteiger partial charge on any atom is 0.246 e. The number of hydrogen-bond acceptors (Lipinski definition) is 5. The van der Waals surface area contributed by atoms with Crippen molar-refractivity contribution in [2.75, 3.05) is 24.6 Å². The third-order valence-corrected chi connectivity index (χ3v) is 6.75. The van der Waals surface area contributed by atoms with E-state index in [2.05, 4.69) is 15.5 Å². The molecule has 2 rings (SSSR count). The zero-order valence-electron chi connectivity index (χ0n) is 12.5. The highest BCUT2D eigenvalue weighted by atomic mass is 32.2. The molecule has 0 saturated carbocycles. The number of H-pyrrole nitrogens is 1. The molecule has 0 bridgehead atoms. The Hall–Kier alpha value is -0.770. The topological polar surface area (TPSA) is 95.2 Å². The normalized spacial score (nSPS) is 18.5. The van der Waals surface area contributed by atoms with Crippen LogP contribution < -0.4 is 5.32 Å². The van der Waals surface area contributed by atoms with Crippen molar-refractivity contribution in [1.29, 1.82) is 0 Å². The third kappa shape index (κ3) is 3.71. The molecule has 0 radical (unpaired) electrons. The predicted octanol–water partition coefficient (Wildman–Crippen LogP) is -0.0309. The van der Waals surface area contributed by atoms with E-state index in [4.69, 9.17) is 0 Å². The van der Waals surface area contributed by atoms with Crippen molar-refractivity contribution in [2.45, 2.75) is 38.3 Å². The molecule has 0 aromatic carbocycles. The number of aryl methyl sites for hydroxylation is 1. The molecule has 0 amide bonds. The van der Waals surface area contributed by atoms with E-state index in [1.165, 1.54) is 4.31 Å². The lowest BCUT2D eigenvalue weighted by Crippen LogP contribution is -2.42. The first kappa shape index (κ1) is 16.6. The lowest BCUT2D eigenvalue weighted by atomic mass is 10.3. The zero-order chi connectivity index (χ0) is 15.6. The summed E-state index contributed by atoms with van der Waals surface area (Å²) in [5.41, 5.74) is 1.05. The van der Waals surface area contributed by atoms with Crippen LogP contribution in [-0.4, -0.2) is 57.8 Å². The van der Waals surface area contributed by atoms with Gasteiger partial charge in [-0.2, -0.15) is 9.40 Å². The van der Waals surface area contributed by atoms with E-state index in [-0.39, 0.29) is 10.9 Å². The summed E-state index contributed by atoms with van der Waals surface area (Å²) in [7, 11) is -4.49. The summed E-state index contributed by atoms with van der Waals surface area (Å²) in [5.74, 6) is 0.797. The second-order valence-corrected chi connectivity index (χ2v) is 8.98. The zero-order valence-corrected chi connectivity index (χ0v) is 14.2. The summed E-state index contributed by atoms with van der Waals surface area (Å²) in [6, 6.07) is 0.245. The second-order valence-electron chi connectivity index (χ2n) is 5.41. The van der Waals surface area contributed by atoms with Crippen LogP contribution in [0.15, 0.2) is 4.90 Å². The van der Waals surface area contributed by atoms with Crippen molar-refractivity contribution < 1.29 is 12.6 Å². The average Bonchev–Trinajstić information content (AvgIpc) is 2.78. The van der Waals surface area contributed by atoms with E-state index in [0.29, 0.717) is 42.5 Å². The SMILES string of the molecule is Cc1[nH]nc(CNC(C)C)c1S(=O)(=O)N1CCS(=O)CC1. The number of sulfonamides is 1. The number of hydrogen-bond donors (Lipinski definition) is 2.